The van der Waals surface area contributed by atoms with Gasteiger partial charge in [0.25, 0.3) is 0 Å². The lowest BCUT2D eigenvalue weighted by atomic mass is 9.85. The van der Waals surface area contributed by atoms with Gasteiger partial charge in [-0.2, -0.15) is 9.98 Å². The van der Waals surface area contributed by atoms with Crippen LogP contribution in [-0.4, -0.2) is 19.4 Å². The summed E-state index contributed by atoms with van der Waals surface area (Å²) in [6, 6.07) is 4.48. The van der Waals surface area contributed by atoms with Crippen molar-refractivity contribution in [1.29, 1.82) is 5.26 Å². The highest BCUT2D eigenvalue weighted by molar-refractivity contribution is 7.89. The Bertz CT molecular complexity index is 545. The van der Waals surface area contributed by atoms with Crippen LogP contribution in [0.15, 0.2) is 29.4 Å². The topological polar surface area (TPSA) is 82.9 Å². The summed E-state index contributed by atoms with van der Waals surface area (Å²) >= 11 is 0. The van der Waals surface area contributed by atoms with Crippen molar-refractivity contribution in [3.63, 3.8) is 0 Å². The fraction of sp³-hybridized carbons (Fsp3) is 0.538. The van der Waals surface area contributed by atoms with Gasteiger partial charge in [-0.3, -0.25) is 4.98 Å². The molecule has 1 atom stereocenters. The lowest BCUT2D eigenvalue weighted by Gasteiger charge is -2.26. The van der Waals surface area contributed by atoms with E-state index >= 15 is 0 Å². The highest BCUT2D eigenvalue weighted by atomic mass is 32.2. The molecule has 1 N–H and O–H groups in total. The average Bonchev–Trinajstić information content (AvgIpc) is 2.47. The van der Waals surface area contributed by atoms with E-state index in [-0.39, 0.29) is 10.8 Å². The predicted octanol–water partition coefficient (Wildman–Crippen LogP) is 1.83. The van der Waals surface area contributed by atoms with Crippen LogP contribution in [0.3, 0.4) is 0 Å². The summed E-state index contributed by atoms with van der Waals surface area (Å²) in [6.07, 6.45) is 7.93. The Balaban J connectivity index is 2.12. The molecule has 19 heavy (non-hydrogen) atoms. The minimum absolute atomic E-state index is 0.103. The van der Waals surface area contributed by atoms with Crippen molar-refractivity contribution in [2.75, 3.05) is 0 Å². The molecule has 5 nitrogen and oxygen atoms in total. The highest BCUT2D eigenvalue weighted by Crippen LogP contribution is 2.27. The molecule has 1 aliphatic carbocycles. The van der Waals surface area contributed by atoms with Crippen LogP contribution in [0.4, 0.5) is 0 Å². The first kappa shape index (κ1) is 14.0. The van der Waals surface area contributed by atoms with Crippen LogP contribution in [0, 0.1) is 17.2 Å². The van der Waals surface area contributed by atoms with Crippen LogP contribution >= 0.6 is 0 Å². The first-order valence-corrected chi connectivity index (χ1v) is 7.94. The number of sulfonamides is 1. The van der Waals surface area contributed by atoms with E-state index in [2.05, 4.69) is 15.8 Å². The van der Waals surface area contributed by atoms with Gasteiger partial charge in [0.2, 0.25) is 10.0 Å². The van der Waals surface area contributed by atoms with Crippen LogP contribution in [0.25, 0.3) is 0 Å². The van der Waals surface area contributed by atoms with Crippen LogP contribution in [0.5, 0.6) is 0 Å². The molecule has 2 rings (SSSR count). The van der Waals surface area contributed by atoms with Crippen LogP contribution in [-0.2, 0) is 10.0 Å². The van der Waals surface area contributed by atoms with Crippen molar-refractivity contribution in [3.8, 4) is 6.07 Å². The smallest absolute Gasteiger partial charge is 0.243 e. The fourth-order valence-corrected chi connectivity index (χ4v) is 3.61. The number of rotatable bonds is 4. The molecule has 1 aromatic heterocycles. The number of aromatic nitrogens is 1. The zero-order valence-corrected chi connectivity index (χ0v) is 11.4. The van der Waals surface area contributed by atoms with E-state index in [1.165, 1.54) is 24.9 Å². The van der Waals surface area contributed by atoms with Crippen molar-refractivity contribution >= 4 is 10.0 Å². The van der Waals surface area contributed by atoms with E-state index in [1.54, 1.807) is 6.07 Å². The van der Waals surface area contributed by atoms with Crippen LogP contribution < -0.4 is 4.72 Å². The van der Waals surface area contributed by atoms with Crippen molar-refractivity contribution in [2.45, 2.75) is 43.0 Å². The Labute approximate surface area is 113 Å². The molecule has 0 radical (unpaired) electrons. The molecule has 1 heterocycles. The predicted molar refractivity (Wildman–Crippen MR) is 70.5 cm³/mol. The molecule has 102 valence electrons. The van der Waals surface area contributed by atoms with Gasteiger partial charge in [0, 0.05) is 12.4 Å². The van der Waals surface area contributed by atoms with Crippen LogP contribution in [0.2, 0.25) is 0 Å². The summed E-state index contributed by atoms with van der Waals surface area (Å²) in [5.74, 6) is 0.116. The zero-order valence-electron chi connectivity index (χ0n) is 10.6. The maximum Gasteiger partial charge on any atom is 0.243 e. The number of pyridine rings is 1. The quantitative estimate of drug-likeness (QED) is 0.911. The summed E-state index contributed by atoms with van der Waals surface area (Å²) in [5, 5.41) is 9.20. The first-order valence-electron chi connectivity index (χ1n) is 6.45. The molecule has 1 unspecified atom stereocenters. The molecular weight excluding hydrogens is 262 g/mol. The van der Waals surface area contributed by atoms with E-state index in [0.29, 0.717) is 0 Å². The first-order chi connectivity index (χ1) is 9.13. The Morgan fingerprint density at radius 1 is 1.37 bits per heavy atom. The summed E-state index contributed by atoms with van der Waals surface area (Å²) < 4.78 is 26.8. The Morgan fingerprint density at radius 2 is 2.11 bits per heavy atom. The molecule has 0 saturated heterocycles. The normalized spacial score (nSPS) is 18.7. The Kier molecular flexibility index (Phi) is 4.51. The molecule has 0 aliphatic heterocycles. The average molecular weight is 279 g/mol. The summed E-state index contributed by atoms with van der Waals surface area (Å²) in [7, 11) is -3.66. The molecule has 1 aliphatic rings. The third-order valence-electron chi connectivity index (χ3n) is 3.49. The Morgan fingerprint density at radius 3 is 2.68 bits per heavy atom. The van der Waals surface area contributed by atoms with E-state index in [4.69, 9.17) is 0 Å². The number of hydrogen-bond acceptors (Lipinski definition) is 4. The molecule has 0 amide bonds. The maximum absolute atomic E-state index is 12.1. The number of hydrogen-bond donors (Lipinski definition) is 1. The minimum atomic E-state index is -3.66. The van der Waals surface area contributed by atoms with Gasteiger partial charge in [0.15, 0.2) is 0 Å². The van der Waals surface area contributed by atoms with Crippen LogP contribution in [0.1, 0.15) is 32.1 Å². The SMILES string of the molecule is N#CC(NS(=O)(=O)c1cccnc1)C1CCCCC1. The second-order valence-electron chi connectivity index (χ2n) is 4.81. The van der Waals surface area contributed by atoms with Crippen molar-refractivity contribution in [2.24, 2.45) is 5.92 Å². The number of nitrogens with one attached hydrogen (secondary N) is 1. The zero-order chi connectivity index (χ0) is 13.7. The fourth-order valence-electron chi connectivity index (χ4n) is 2.44. The summed E-state index contributed by atoms with van der Waals surface area (Å²) in [5.41, 5.74) is 0. The van der Waals surface area contributed by atoms with Crippen molar-refractivity contribution < 1.29 is 8.42 Å². The molecule has 1 saturated carbocycles. The largest absolute Gasteiger partial charge is 0.263 e. The van der Waals surface area contributed by atoms with Crippen molar-refractivity contribution in [1.82, 2.24) is 9.71 Å². The number of nitrogens with zero attached hydrogens (tertiary/aromatic N) is 2. The summed E-state index contributed by atoms with van der Waals surface area (Å²) in [6.45, 7) is 0. The third-order valence-corrected chi connectivity index (χ3v) is 4.91. The third kappa shape index (κ3) is 3.52. The van der Waals surface area contributed by atoms with E-state index in [1.807, 2.05) is 0 Å². The minimum Gasteiger partial charge on any atom is -0.263 e. The molecule has 0 spiro atoms. The van der Waals surface area contributed by atoms with Gasteiger partial charge in [-0.25, -0.2) is 8.42 Å². The van der Waals surface area contributed by atoms with E-state index in [9.17, 15) is 13.7 Å². The second kappa shape index (κ2) is 6.13. The Hall–Kier alpha value is -1.45. The van der Waals surface area contributed by atoms with Gasteiger partial charge in [-0.1, -0.05) is 19.3 Å². The van der Waals surface area contributed by atoms with Gasteiger partial charge in [-0.05, 0) is 30.9 Å². The highest BCUT2D eigenvalue weighted by Gasteiger charge is 2.28. The molecule has 1 fully saturated rings. The van der Waals surface area contributed by atoms with Gasteiger partial charge in [0.1, 0.15) is 10.9 Å². The van der Waals surface area contributed by atoms with Gasteiger partial charge < -0.3 is 0 Å². The molecule has 0 aromatic carbocycles. The standard InChI is InChI=1S/C13H17N3O2S/c14-9-13(11-5-2-1-3-6-11)16-19(17,18)12-7-4-8-15-10-12/h4,7-8,10-11,13,16H,1-3,5-6H2. The maximum atomic E-state index is 12.1. The molecular formula is C13H17N3O2S. The van der Waals surface area contributed by atoms with Crippen molar-refractivity contribution in [3.05, 3.63) is 24.5 Å². The second-order valence-corrected chi connectivity index (χ2v) is 6.53. The molecule has 6 heteroatoms. The van der Waals surface area contributed by atoms with Gasteiger partial charge >= 0.3 is 0 Å². The van der Waals surface area contributed by atoms with E-state index in [0.717, 1.165) is 25.7 Å². The van der Waals surface area contributed by atoms with Gasteiger partial charge in [0.05, 0.1) is 6.07 Å². The van der Waals surface area contributed by atoms with Gasteiger partial charge in [-0.15, -0.1) is 0 Å². The monoisotopic (exact) mass is 279 g/mol. The lowest BCUT2D eigenvalue weighted by molar-refractivity contribution is 0.324. The lowest BCUT2D eigenvalue weighted by Crippen LogP contribution is -2.40. The summed E-state index contributed by atoms with van der Waals surface area (Å²) in [4.78, 5) is 3.90. The van der Waals surface area contributed by atoms with E-state index < -0.39 is 16.1 Å². The molecule has 0 bridgehead atoms. The molecule has 1 aromatic rings. The number of nitriles is 1.